The number of aromatic hydroxyl groups is 1. The van der Waals surface area contributed by atoms with E-state index in [0.717, 1.165) is 12.1 Å². The summed E-state index contributed by atoms with van der Waals surface area (Å²) in [6, 6.07) is 11.9. The summed E-state index contributed by atoms with van der Waals surface area (Å²) in [6.07, 6.45) is 0. The van der Waals surface area contributed by atoms with Crippen molar-refractivity contribution in [3.05, 3.63) is 89.4 Å². The minimum atomic E-state index is -5.25. The fraction of sp³-hybridized carbons (Fsp3) is 0.170. The van der Waals surface area contributed by atoms with Gasteiger partial charge in [0.15, 0.2) is 5.75 Å². The summed E-state index contributed by atoms with van der Waals surface area (Å²) in [6.45, 7) is 3.65. The Balaban J connectivity index is 0.852. The zero-order valence-corrected chi connectivity index (χ0v) is 52.7. The first-order valence-corrected chi connectivity index (χ1v) is 34.6. The van der Waals surface area contributed by atoms with Crippen LogP contribution in [-0.4, -0.2) is 170 Å². The van der Waals surface area contributed by atoms with Gasteiger partial charge in [-0.15, -0.1) is 10.2 Å². The predicted molar refractivity (Wildman–Crippen MR) is 327 cm³/mol. The average Bonchev–Trinajstić information content (AvgIpc) is 0.821. The van der Waals surface area contributed by atoms with Crippen molar-refractivity contribution in [2.75, 3.05) is 83.4 Å². The molecule has 1 amide bonds. The standard InChI is InChI=1S/C47H44Cl2N16O21S6/c1-22(66)51-30-20-32(35(86-2)21-31(30)60-61-34-19-29-24(15-38(34)91(80,81)82)14-27(88(71,72)73)18-37(29)90(77,78)79)53-46-56-43(49)57-47(59-46)65-11-9-64(10-12-65)8-7-50-44-54-42(48)55-45(58-44)52-25-3-5-28-23(13-25)16-39(92(83,84)85)40(41(28)67)63-62-33-17-26(87(68,69)70)4-6-36(33)89(74,75)76/h3-6,13-21,60-61,67H,7-12H2,1-2H3,(H,51,66)(H,68,69,70)(H,71,72,73)(H,74,75,76)(H,77,78,79)(H,80,81,82)(H,83,84,85)(H,53,56,57,59)(H2,50,52,54,55,58). The van der Waals surface area contributed by atoms with Crippen LogP contribution in [0.3, 0.4) is 0 Å². The molecule has 92 heavy (non-hydrogen) atoms. The van der Waals surface area contributed by atoms with Crippen molar-refractivity contribution in [3.63, 3.8) is 0 Å². The molecule has 3 heterocycles. The van der Waals surface area contributed by atoms with Gasteiger partial charge in [0.2, 0.25) is 40.3 Å². The van der Waals surface area contributed by atoms with Crippen LogP contribution >= 0.6 is 23.2 Å². The highest BCUT2D eigenvalue weighted by Crippen LogP contribution is 2.44. The van der Waals surface area contributed by atoms with Crippen molar-refractivity contribution >= 4 is 175 Å². The van der Waals surface area contributed by atoms with Crippen molar-refractivity contribution in [1.29, 1.82) is 0 Å². The maximum Gasteiger partial charge on any atom is 0.296 e. The molecule has 45 heteroatoms. The van der Waals surface area contributed by atoms with Gasteiger partial charge in [-0.05, 0) is 107 Å². The van der Waals surface area contributed by atoms with Gasteiger partial charge in [0.05, 0.1) is 39.7 Å². The number of piperazine rings is 1. The lowest BCUT2D eigenvalue weighted by molar-refractivity contribution is -0.114. The second-order valence-corrected chi connectivity index (χ2v) is 28.3. The molecule has 1 aliphatic heterocycles. The van der Waals surface area contributed by atoms with E-state index < -0.39 is 130 Å². The number of fused-ring (bicyclic) bond motifs is 2. The van der Waals surface area contributed by atoms with Crippen molar-refractivity contribution in [2.24, 2.45) is 10.2 Å². The smallest absolute Gasteiger partial charge is 0.296 e. The molecule has 488 valence electrons. The first-order chi connectivity index (χ1) is 42.8. The zero-order chi connectivity index (χ0) is 67.2. The molecule has 0 radical (unpaired) electrons. The van der Waals surface area contributed by atoms with Crippen molar-refractivity contribution in [3.8, 4) is 11.5 Å². The van der Waals surface area contributed by atoms with Gasteiger partial charge in [0, 0.05) is 68.7 Å². The van der Waals surface area contributed by atoms with Crippen LogP contribution in [0.2, 0.25) is 10.6 Å². The van der Waals surface area contributed by atoms with E-state index in [9.17, 15) is 87.7 Å². The number of phenols is 1. The molecule has 0 aliphatic carbocycles. The molecule has 8 aromatic rings. The number of phenolic OH excluding ortho intramolecular Hbond substituents is 1. The Bertz CT molecular complexity index is 5120. The highest BCUT2D eigenvalue weighted by atomic mass is 35.5. The SMILES string of the molecule is COc1cc(NNc2cc3c(S(=O)(=O)O)cc(S(=O)(=O)O)cc3cc2S(=O)(=O)O)c(NC(C)=O)cc1Nc1nc(Cl)nc(N2CCN(CCNc3nc(Cl)nc(Nc4ccc5c(O)c(N=Nc6cc(S(=O)(=O)O)ccc6S(=O)(=O)O)c(S(=O)(=O)O)cc5c4)n3)CC2)n1. The highest BCUT2D eigenvalue weighted by molar-refractivity contribution is 7.87. The summed E-state index contributed by atoms with van der Waals surface area (Å²) >= 11 is 12.7. The number of azo groups is 1. The number of hydrazine groups is 1. The number of hydrogen-bond acceptors (Lipinski definition) is 30. The molecule has 0 spiro atoms. The van der Waals surface area contributed by atoms with Crippen LogP contribution in [0.5, 0.6) is 11.5 Å². The highest BCUT2D eigenvalue weighted by Gasteiger charge is 2.28. The lowest BCUT2D eigenvalue weighted by Gasteiger charge is -2.34. The molecule has 0 saturated carbocycles. The minimum absolute atomic E-state index is 0.00718. The van der Waals surface area contributed by atoms with E-state index in [2.05, 4.69) is 77.2 Å². The largest absolute Gasteiger partial charge is 0.505 e. The topological polar surface area (TPSA) is 553 Å². The van der Waals surface area contributed by atoms with E-state index in [1.807, 2.05) is 4.90 Å². The molecule has 13 N–H and O–H groups in total. The van der Waals surface area contributed by atoms with Crippen LogP contribution in [0.25, 0.3) is 21.5 Å². The molecular weight excluding hydrogens is 1390 g/mol. The van der Waals surface area contributed by atoms with E-state index in [1.165, 1.54) is 44.4 Å². The molecule has 2 aromatic heterocycles. The summed E-state index contributed by atoms with van der Waals surface area (Å²) in [5.41, 5.74) is 3.04. The molecule has 6 aromatic carbocycles. The summed E-state index contributed by atoms with van der Waals surface area (Å²) in [7, 11) is -29.6. The van der Waals surface area contributed by atoms with Gasteiger partial charge in [0.1, 0.15) is 36.7 Å². The number of anilines is 9. The predicted octanol–water partition coefficient (Wildman–Crippen LogP) is 5.40. The van der Waals surface area contributed by atoms with E-state index in [4.69, 9.17) is 27.9 Å². The minimum Gasteiger partial charge on any atom is -0.505 e. The van der Waals surface area contributed by atoms with Crippen LogP contribution in [0.4, 0.5) is 63.6 Å². The number of rotatable bonds is 22. The van der Waals surface area contributed by atoms with Gasteiger partial charge in [-0.1, -0.05) is 0 Å². The van der Waals surface area contributed by atoms with E-state index >= 15 is 0 Å². The third kappa shape index (κ3) is 16.0. The van der Waals surface area contributed by atoms with Gasteiger partial charge in [-0.2, -0.15) is 80.4 Å². The van der Waals surface area contributed by atoms with Crippen LogP contribution in [0.15, 0.2) is 118 Å². The Labute approximate surface area is 529 Å². The molecule has 1 aliphatic rings. The number of nitrogens with one attached hydrogen (secondary N) is 6. The molecule has 0 unspecified atom stereocenters. The Morgan fingerprint density at radius 2 is 1.15 bits per heavy atom. The van der Waals surface area contributed by atoms with E-state index in [0.29, 0.717) is 69.1 Å². The van der Waals surface area contributed by atoms with Crippen LogP contribution in [0, 0.1) is 0 Å². The monoisotopic (exact) mass is 1430 g/mol. The summed E-state index contributed by atoms with van der Waals surface area (Å²) in [5.74, 6) is -1.44. The van der Waals surface area contributed by atoms with E-state index in [-0.39, 0.29) is 80.2 Å². The fourth-order valence-corrected chi connectivity index (χ4v) is 13.0. The zero-order valence-electron chi connectivity index (χ0n) is 46.3. The number of methoxy groups -OCH3 is 1. The quantitative estimate of drug-likeness (QED) is 0.0229. The Morgan fingerprint density at radius 1 is 0.554 bits per heavy atom. The number of nitrogens with zero attached hydrogens (tertiary/aromatic N) is 10. The lowest BCUT2D eigenvalue weighted by atomic mass is 10.1. The maximum atomic E-state index is 12.6. The number of carbonyl (C=O) groups excluding carboxylic acids is 1. The third-order valence-electron chi connectivity index (χ3n) is 13.0. The normalized spacial score (nSPS) is 13.7. The Morgan fingerprint density at radius 3 is 1.77 bits per heavy atom. The average molecular weight is 1430 g/mol. The number of amides is 1. The van der Waals surface area contributed by atoms with Gasteiger partial charge < -0.3 is 36.0 Å². The number of benzene rings is 6. The summed E-state index contributed by atoms with van der Waals surface area (Å²) < 4.78 is 211. The number of hydrogen-bond donors (Lipinski definition) is 13. The van der Waals surface area contributed by atoms with Crippen molar-refractivity contribution in [1.82, 2.24) is 34.8 Å². The third-order valence-corrected chi connectivity index (χ3v) is 18.6. The Kier molecular flexibility index (Phi) is 19.0. The number of aromatic nitrogens is 6. The number of carbonyl (C=O) groups is 1. The van der Waals surface area contributed by atoms with Crippen molar-refractivity contribution < 1.29 is 92.5 Å². The van der Waals surface area contributed by atoms with Crippen LogP contribution in [-0.2, 0) is 65.5 Å². The summed E-state index contributed by atoms with van der Waals surface area (Å²) in [5, 5.41) is 28.3. The molecule has 1 saturated heterocycles. The van der Waals surface area contributed by atoms with E-state index in [1.54, 1.807) is 0 Å². The number of halogens is 2. The van der Waals surface area contributed by atoms with Gasteiger partial charge >= 0.3 is 0 Å². The first-order valence-electron chi connectivity index (χ1n) is 25.2. The number of ether oxygens (including phenoxy) is 1. The lowest BCUT2D eigenvalue weighted by Crippen LogP contribution is -2.48. The molecule has 37 nitrogen and oxygen atoms in total. The molecule has 0 bridgehead atoms. The second-order valence-electron chi connectivity index (χ2n) is 19.2. The molecular formula is C47H44Cl2N16O21S6. The van der Waals surface area contributed by atoms with Crippen LogP contribution in [0.1, 0.15) is 6.92 Å². The fourth-order valence-electron chi connectivity index (χ4n) is 8.93. The van der Waals surface area contributed by atoms with Crippen molar-refractivity contribution in [2.45, 2.75) is 36.3 Å². The van der Waals surface area contributed by atoms with Gasteiger partial charge in [-0.3, -0.25) is 47.9 Å². The first kappa shape index (κ1) is 67.7. The van der Waals surface area contributed by atoms with Gasteiger partial charge in [-0.25, -0.2) is 0 Å². The van der Waals surface area contributed by atoms with Gasteiger partial charge in [0.25, 0.3) is 60.7 Å². The molecule has 9 rings (SSSR count). The maximum absolute atomic E-state index is 12.6. The van der Waals surface area contributed by atoms with Crippen LogP contribution < -0.4 is 41.8 Å². The molecule has 1 fully saturated rings. The summed E-state index contributed by atoms with van der Waals surface area (Å²) in [4.78, 5) is 36.0. The Hall–Kier alpha value is -8.67. The second kappa shape index (κ2) is 25.8. The molecule has 0 atom stereocenters.